The van der Waals surface area contributed by atoms with Gasteiger partial charge in [-0.15, -0.1) is 0 Å². The number of amides is 2. The minimum atomic E-state index is -0.471. The summed E-state index contributed by atoms with van der Waals surface area (Å²) >= 11 is 0. The summed E-state index contributed by atoms with van der Waals surface area (Å²) in [7, 11) is 0. The number of nitrogens with zero attached hydrogens (tertiary/aromatic N) is 1. The maximum atomic E-state index is 11.3. The van der Waals surface area contributed by atoms with Crippen LogP contribution in [0.2, 0.25) is 0 Å². The van der Waals surface area contributed by atoms with Gasteiger partial charge in [0.25, 0.3) is 5.91 Å². The van der Waals surface area contributed by atoms with E-state index in [0.717, 1.165) is 5.01 Å². The Morgan fingerprint density at radius 1 is 1.27 bits per heavy atom. The van der Waals surface area contributed by atoms with E-state index in [1.165, 1.54) is 18.2 Å². The van der Waals surface area contributed by atoms with Crippen molar-refractivity contribution in [3.05, 3.63) is 18.2 Å². The number of hydrogen-bond donors (Lipinski definition) is 3. The number of nitrogens with one attached hydrogen (secondary N) is 1. The predicted octanol–water partition coefficient (Wildman–Crippen LogP) is -0.134. The van der Waals surface area contributed by atoms with Gasteiger partial charge in [-0.2, -0.15) is 0 Å². The lowest BCUT2D eigenvalue weighted by atomic mass is 10.2. The molecule has 0 atom stereocenters. The van der Waals surface area contributed by atoms with Gasteiger partial charge in [-0.25, -0.2) is 5.01 Å². The zero-order valence-electron chi connectivity index (χ0n) is 7.60. The van der Waals surface area contributed by atoms with E-state index >= 15 is 0 Å². The molecule has 1 heterocycles. The third-order valence-corrected chi connectivity index (χ3v) is 2.00. The van der Waals surface area contributed by atoms with Crippen molar-refractivity contribution in [1.82, 2.24) is 5.43 Å². The Hall–Kier alpha value is -2.24. The second-order valence-corrected chi connectivity index (χ2v) is 3.11. The minimum absolute atomic E-state index is 0.0610. The number of rotatable bonds is 1. The summed E-state index contributed by atoms with van der Waals surface area (Å²) < 4.78 is 0. The molecule has 1 saturated heterocycles. The van der Waals surface area contributed by atoms with Gasteiger partial charge in [0.1, 0.15) is 23.6 Å². The summed E-state index contributed by atoms with van der Waals surface area (Å²) in [5.74, 6) is -1.20. The van der Waals surface area contributed by atoms with Crippen molar-refractivity contribution >= 4 is 17.5 Å². The van der Waals surface area contributed by atoms with Crippen LogP contribution in [0.15, 0.2) is 18.2 Å². The van der Waals surface area contributed by atoms with Crippen LogP contribution in [0.3, 0.4) is 0 Å². The van der Waals surface area contributed by atoms with Gasteiger partial charge >= 0.3 is 0 Å². The highest BCUT2D eigenvalue weighted by molar-refractivity contribution is 6.12. The molecule has 0 bridgehead atoms. The Bertz CT molecular complexity index is 444. The Balaban J connectivity index is 2.41. The van der Waals surface area contributed by atoms with Crippen LogP contribution in [0, 0.1) is 0 Å². The molecule has 6 heteroatoms. The summed E-state index contributed by atoms with van der Waals surface area (Å²) in [6.07, 6.45) is -0.255. The SMILES string of the molecule is O=C1CC(=O)N(c2cc(O)ccc2O)N1. The van der Waals surface area contributed by atoms with E-state index in [-0.39, 0.29) is 23.6 Å². The number of carbonyl (C=O) groups is 2. The highest BCUT2D eigenvalue weighted by atomic mass is 16.3. The molecule has 2 rings (SSSR count). The van der Waals surface area contributed by atoms with E-state index in [1.54, 1.807) is 0 Å². The molecule has 1 fully saturated rings. The van der Waals surface area contributed by atoms with Gasteiger partial charge in [0.15, 0.2) is 0 Å². The first-order chi connectivity index (χ1) is 7.08. The van der Waals surface area contributed by atoms with Crippen LogP contribution in [0.25, 0.3) is 0 Å². The molecule has 1 aliphatic heterocycles. The van der Waals surface area contributed by atoms with Crippen molar-refractivity contribution in [2.75, 3.05) is 5.01 Å². The van der Waals surface area contributed by atoms with Crippen molar-refractivity contribution in [3.8, 4) is 11.5 Å². The number of anilines is 1. The third-order valence-electron chi connectivity index (χ3n) is 2.00. The molecule has 3 N–H and O–H groups in total. The summed E-state index contributed by atoms with van der Waals surface area (Å²) in [4.78, 5) is 22.2. The van der Waals surface area contributed by atoms with Crippen LogP contribution >= 0.6 is 0 Å². The van der Waals surface area contributed by atoms with E-state index in [9.17, 15) is 19.8 Å². The van der Waals surface area contributed by atoms with Crippen molar-refractivity contribution in [1.29, 1.82) is 0 Å². The zero-order valence-corrected chi connectivity index (χ0v) is 7.60. The first-order valence-electron chi connectivity index (χ1n) is 4.22. The number of carbonyl (C=O) groups excluding carboxylic acids is 2. The molecule has 6 nitrogen and oxygen atoms in total. The van der Waals surface area contributed by atoms with E-state index in [0.29, 0.717) is 0 Å². The first-order valence-corrected chi connectivity index (χ1v) is 4.22. The van der Waals surface area contributed by atoms with Gasteiger partial charge in [-0.3, -0.25) is 15.0 Å². The molecule has 0 radical (unpaired) electrons. The fourth-order valence-electron chi connectivity index (χ4n) is 1.33. The summed E-state index contributed by atoms with van der Waals surface area (Å²) in [6.45, 7) is 0. The van der Waals surface area contributed by atoms with Gasteiger partial charge in [-0.05, 0) is 12.1 Å². The average molecular weight is 208 g/mol. The quantitative estimate of drug-likeness (QED) is 0.443. The third kappa shape index (κ3) is 1.56. The Morgan fingerprint density at radius 2 is 2.00 bits per heavy atom. The van der Waals surface area contributed by atoms with Crippen LogP contribution in [0.5, 0.6) is 11.5 Å². The zero-order chi connectivity index (χ0) is 11.0. The van der Waals surface area contributed by atoms with E-state index in [2.05, 4.69) is 5.43 Å². The van der Waals surface area contributed by atoms with Crippen LogP contribution in [-0.4, -0.2) is 22.0 Å². The molecule has 0 aromatic heterocycles. The van der Waals surface area contributed by atoms with Gasteiger partial charge < -0.3 is 10.2 Å². The number of hydrogen-bond acceptors (Lipinski definition) is 4. The molecule has 0 unspecified atom stereocenters. The second-order valence-electron chi connectivity index (χ2n) is 3.11. The summed E-state index contributed by atoms with van der Waals surface area (Å²) in [5, 5.41) is 19.5. The number of benzene rings is 1. The topological polar surface area (TPSA) is 89.9 Å². The molecule has 1 aromatic carbocycles. The largest absolute Gasteiger partial charge is 0.508 e. The minimum Gasteiger partial charge on any atom is -0.508 e. The molecule has 0 aliphatic carbocycles. The summed E-state index contributed by atoms with van der Waals surface area (Å²) in [6, 6.07) is 3.71. The smallest absolute Gasteiger partial charge is 0.255 e. The van der Waals surface area contributed by atoms with E-state index < -0.39 is 11.8 Å². The second kappa shape index (κ2) is 3.16. The molecule has 1 aliphatic rings. The van der Waals surface area contributed by atoms with Crippen molar-refractivity contribution in [2.24, 2.45) is 0 Å². The monoisotopic (exact) mass is 208 g/mol. The van der Waals surface area contributed by atoms with Crippen molar-refractivity contribution in [2.45, 2.75) is 6.42 Å². The maximum absolute atomic E-state index is 11.3. The normalized spacial score (nSPS) is 15.6. The van der Waals surface area contributed by atoms with Gasteiger partial charge in [-0.1, -0.05) is 0 Å². The number of aromatic hydroxyl groups is 2. The van der Waals surface area contributed by atoms with Crippen LogP contribution in [0.1, 0.15) is 6.42 Å². The lowest BCUT2D eigenvalue weighted by Crippen LogP contribution is -2.35. The van der Waals surface area contributed by atoms with Gasteiger partial charge in [0.05, 0.1) is 0 Å². The molecule has 15 heavy (non-hydrogen) atoms. The molecular formula is C9H8N2O4. The molecule has 0 saturated carbocycles. The lowest BCUT2D eigenvalue weighted by molar-refractivity contribution is -0.122. The number of phenolic OH excluding ortho intramolecular Hbond substituents is 2. The maximum Gasteiger partial charge on any atom is 0.255 e. The fourth-order valence-corrected chi connectivity index (χ4v) is 1.33. The first kappa shape index (κ1) is 9.32. The fraction of sp³-hybridized carbons (Fsp3) is 0.111. The van der Waals surface area contributed by atoms with Crippen molar-refractivity contribution < 1.29 is 19.8 Å². The summed E-state index contributed by atoms with van der Waals surface area (Å²) in [5.41, 5.74) is 2.32. The highest BCUT2D eigenvalue weighted by Gasteiger charge is 2.29. The number of hydrazine groups is 1. The molecular weight excluding hydrogens is 200 g/mol. The molecule has 2 amide bonds. The standard InChI is InChI=1S/C9H8N2O4/c12-5-1-2-7(13)6(3-5)11-9(15)4-8(14)10-11/h1-3,12-13H,4H2,(H,10,14). The molecule has 0 spiro atoms. The molecule has 78 valence electrons. The lowest BCUT2D eigenvalue weighted by Gasteiger charge is -2.16. The van der Waals surface area contributed by atoms with Crippen molar-refractivity contribution in [3.63, 3.8) is 0 Å². The van der Waals surface area contributed by atoms with Crippen LogP contribution < -0.4 is 10.4 Å². The number of phenols is 2. The van der Waals surface area contributed by atoms with Gasteiger partial charge in [0.2, 0.25) is 5.91 Å². The van der Waals surface area contributed by atoms with E-state index in [4.69, 9.17) is 0 Å². The van der Waals surface area contributed by atoms with E-state index in [1.807, 2.05) is 0 Å². The van der Waals surface area contributed by atoms with Crippen LogP contribution in [0.4, 0.5) is 5.69 Å². The Labute approximate surface area is 84.7 Å². The molecule has 1 aromatic rings. The Kier molecular flexibility index (Phi) is 1.96. The average Bonchev–Trinajstić information content (AvgIpc) is 2.50. The highest BCUT2D eigenvalue weighted by Crippen LogP contribution is 2.31. The Morgan fingerprint density at radius 3 is 2.60 bits per heavy atom. The van der Waals surface area contributed by atoms with Gasteiger partial charge in [0, 0.05) is 6.07 Å². The van der Waals surface area contributed by atoms with Crippen LogP contribution in [-0.2, 0) is 9.59 Å². The predicted molar refractivity (Wildman–Crippen MR) is 50.0 cm³/mol.